The number of aliphatic carboxylic acids is 1. The number of hydrogen-bond acceptors (Lipinski definition) is 4. The standard InChI is InChI=1S/C10H11N3O2/c14-9(15)8-10(3-6(10)4-12-8)7-1-2-11-5-13-7/h1-2,5-6,8,12H,3-4H2,(H,14,15). The Labute approximate surface area is 86.6 Å². The molecule has 0 amide bonds. The molecule has 5 heteroatoms. The number of piperidine rings is 1. The molecule has 2 N–H and O–H groups in total. The fourth-order valence-corrected chi connectivity index (χ4v) is 2.73. The number of hydrogen-bond donors (Lipinski definition) is 2. The summed E-state index contributed by atoms with van der Waals surface area (Å²) in [6.45, 7) is 0.779. The summed E-state index contributed by atoms with van der Waals surface area (Å²) in [5.41, 5.74) is 0.592. The Morgan fingerprint density at radius 1 is 1.67 bits per heavy atom. The predicted octanol–water partition coefficient (Wildman–Crippen LogP) is -0.209. The second-order valence-corrected chi connectivity index (χ2v) is 4.22. The number of rotatable bonds is 2. The van der Waals surface area contributed by atoms with Crippen LogP contribution in [-0.4, -0.2) is 33.6 Å². The van der Waals surface area contributed by atoms with E-state index in [9.17, 15) is 4.79 Å². The van der Waals surface area contributed by atoms with Gasteiger partial charge in [0.2, 0.25) is 0 Å². The quantitative estimate of drug-likeness (QED) is 0.698. The molecule has 0 aromatic carbocycles. The van der Waals surface area contributed by atoms with Crippen molar-refractivity contribution in [3.8, 4) is 0 Å². The van der Waals surface area contributed by atoms with E-state index in [1.807, 2.05) is 6.07 Å². The van der Waals surface area contributed by atoms with Crippen molar-refractivity contribution in [3.63, 3.8) is 0 Å². The van der Waals surface area contributed by atoms with Gasteiger partial charge in [-0.1, -0.05) is 0 Å². The largest absolute Gasteiger partial charge is 0.480 e. The van der Waals surface area contributed by atoms with Gasteiger partial charge < -0.3 is 10.4 Å². The summed E-state index contributed by atoms with van der Waals surface area (Å²) < 4.78 is 0. The maximum Gasteiger partial charge on any atom is 0.321 e. The lowest BCUT2D eigenvalue weighted by Crippen LogP contribution is -2.41. The minimum Gasteiger partial charge on any atom is -0.480 e. The molecule has 5 nitrogen and oxygen atoms in total. The Morgan fingerprint density at radius 3 is 3.13 bits per heavy atom. The van der Waals surface area contributed by atoms with Gasteiger partial charge in [-0.25, -0.2) is 9.97 Å². The lowest BCUT2D eigenvalue weighted by Gasteiger charge is -2.18. The van der Waals surface area contributed by atoms with Gasteiger partial charge in [0, 0.05) is 11.6 Å². The molecule has 1 aromatic heterocycles. The number of carbonyl (C=O) groups is 1. The number of carboxylic acids is 1. The molecular weight excluding hydrogens is 194 g/mol. The summed E-state index contributed by atoms with van der Waals surface area (Å²) in [6.07, 6.45) is 4.08. The maximum atomic E-state index is 11.1. The fourth-order valence-electron chi connectivity index (χ4n) is 2.73. The van der Waals surface area contributed by atoms with E-state index in [1.165, 1.54) is 6.33 Å². The molecule has 2 heterocycles. The third kappa shape index (κ3) is 1.04. The Bertz CT molecular complexity index is 408. The van der Waals surface area contributed by atoms with Gasteiger partial charge in [-0.2, -0.15) is 0 Å². The van der Waals surface area contributed by atoms with Crippen LogP contribution in [0.5, 0.6) is 0 Å². The molecule has 3 rings (SSSR count). The molecule has 3 unspecified atom stereocenters. The number of carboxylic acid groups (broad SMARTS) is 1. The zero-order valence-corrected chi connectivity index (χ0v) is 8.05. The SMILES string of the molecule is O=C(O)C1NCC2CC21c1ccncn1. The number of fused-ring (bicyclic) bond motifs is 1. The van der Waals surface area contributed by atoms with Crippen LogP contribution in [0.4, 0.5) is 0 Å². The molecule has 78 valence electrons. The summed E-state index contributed by atoms with van der Waals surface area (Å²) in [7, 11) is 0. The minimum absolute atomic E-state index is 0.269. The van der Waals surface area contributed by atoms with E-state index in [2.05, 4.69) is 15.3 Å². The van der Waals surface area contributed by atoms with Crippen LogP contribution in [0.3, 0.4) is 0 Å². The molecule has 0 radical (unpaired) electrons. The lowest BCUT2D eigenvalue weighted by molar-refractivity contribution is -0.140. The van der Waals surface area contributed by atoms with Crippen LogP contribution >= 0.6 is 0 Å². The molecular formula is C10H11N3O2. The monoisotopic (exact) mass is 205 g/mol. The van der Waals surface area contributed by atoms with E-state index in [4.69, 9.17) is 5.11 Å². The molecule has 1 saturated heterocycles. The van der Waals surface area contributed by atoms with Gasteiger partial charge in [-0.05, 0) is 24.9 Å². The number of nitrogens with zero attached hydrogens (tertiary/aromatic N) is 2. The van der Waals surface area contributed by atoms with Crippen molar-refractivity contribution in [1.82, 2.24) is 15.3 Å². The van der Waals surface area contributed by atoms with Crippen LogP contribution in [0.15, 0.2) is 18.6 Å². The van der Waals surface area contributed by atoms with Crippen molar-refractivity contribution in [1.29, 1.82) is 0 Å². The van der Waals surface area contributed by atoms with E-state index in [1.54, 1.807) is 6.20 Å². The van der Waals surface area contributed by atoms with Crippen LogP contribution in [-0.2, 0) is 10.2 Å². The normalized spacial score (nSPS) is 37.3. The average molecular weight is 205 g/mol. The highest BCUT2D eigenvalue weighted by molar-refractivity contribution is 5.78. The molecule has 1 aromatic rings. The van der Waals surface area contributed by atoms with E-state index >= 15 is 0 Å². The van der Waals surface area contributed by atoms with Gasteiger partial charge in [0.25, 0.3) is 0 Å². The van der Waals surface area contributed by atoms with Crippen LogP contribution in [0.2, 0.25) is 0 Å². The molecule has 1 aliphatic carbocycles. The van der Waals surface area contributed by atoms with Crippen LogP contribution < -0.4 is 5.32 Å². The third-order valence-electron chi connectivity index (χ3n) is 3.54. The second-order valence-electron chi connectivity index (χ2n) is 4.22. The molecule has 1 aliphatic heterocycles. The third-order valence-corrected chi connectivity index (χ3v) is 3.54. The number of aromatic nitrogens is 2. The smallest absolute Gasteiger partial charge is 0.321 e. The van der Waals surface area contributed by atoms with Crippen molar-refractivity contribution >= 4 is 5.97 Å². The van der Waals surface area contributed by atoms with Gasteiger partial charge in [-0.3, -0.25) is 4.79 Å². The maximum absolute atomic E-state index is 11.1. The fraction of sp³-hybridized carbons (Fsp3) is 0.500. The van der Waals surface area contributed by atoms with E-state index in [0.29, 0.717) is 5.92 Å². The van der Waals surface area contributed by atoms with Gasteiger partial charge in [0.15, 0.2) is 0 Å². The molecule has 1 saturated carbocycles. The first-order valence-electron chi connectivity index (χ1n) is 4.98. The molecule has 2 aliphatic rings. The van der Waals surface area contributed by atoms with Crippen molar-refractivity contribution < 1.29 is 9.90 Å². The summed E-state index contributed by atoms with van der Waals surface area (Å²) >= 11 is 0. The molecule has 3 atom stereocenters. The van der Waals surface area contributed by atoms with Gasteiger partial charge in [-0.15, -0.1) is 0 Å². The van der Waals surface area contributed by atoms with E-state index < -0.39 is 12.0 Å². The summed E-state index contributed by atoms with van der Waals surface area (Å²) in [5, 5.41) is 12.2. The summed E-state index contributed by atoms with van der Waals surface area (Å²) in [6, 6.07) is 1.33. The average Bonchev–Trinajstić information content (AvgIpc) is 2.86. The van der Waals surface area contributed by atoms with Crippen molar-refractivity contribution in [2.24, 2.45) is 5.92 Å². The molecule has 15 heavy (non-hydrogen) atoms. The predicted molar refractivity (Wildman–Crippen MR) is 51.2 cm³/mol. The zero-order valence-electron chi connectivity index (χ0n) is 8.05. The van der Waals surface area contributed by atoms with Gasteiger partial charge >= 0.3 is 5.97 Å². The highest BCUT2D eigenvalue weighted by Gasteiger charge is 2.67. The Kier molecular flexibility index (Phi) is 1.62. The first-order valence-corrected chi connectivity index (χ1v) is 4.98. The van der Waals surface area contributed by atoms with Crippen LogP contribution in [0.25, 0.3) is 0 Å². The summed E-state index contributed by atoms with van der Waals surface area (Å²) in [4.78, 5) is 19.2. The minimum atomic E-state index is -0.784. The highest BCUT2D eigenvalue weighted by atomic mass is 16.4. The molecule has 0 spiro atoms. The topological polar surface area (TPSA) is 75.1 Å². The Hall–Kier alpha value is -1.49. The van der Waals surface area contributed by atoms with Crippen molar-refractivity contribution in [3.05, 3.63) is 24.3 Å². The van der Waals surface area contributed by atoms with Gasteiger partial charge in [0.05, 0.1) is 5.69 Å². The summed E-state index contributed by atoms with van der Waals surface area (Å²) in [5.74, 6) is -0.359. The second kappa shape index (κ2) is 2.76. The van der Waals surface area contributed by atoms with E-state index in [0.717, 1.165) is 18.7 Å². The molecule has 0 bridgehead atoms. The molecule has 2 fully saturated rings. The van der Waals surface area contributed by atoms with Crippen LogP contribution in [0.1, 0.15) is 12.1 Å². The Morgan fingerprint density at radius 2 is 2.53 bits per heavy atom. The van der Waals surface area contributed by atoms with E-state index in [-0.39, 0.29) is 5.41 Å². The Balaban J connectivity index is 2.02. The lowest BCUT2D eigenvalue weighted by atomic mass is 9.92. The van der Waals surface area contributed by atoms with Gasteiger partial charge in [0.1, 0.15) is 12.4 Å². The highest BCUT2D eigenvalue weighted by Crippen LogP contribution is 2.58. The van der Waals surface area contributed by atoms with Crippen molar-refractivity contribution in [2.45, 2.75) is 17.9 Å². The van der Waals surface area contributed by atoms with Crippen LogP contribution in [0, 0.1) is 5.92 Å². The first kappa shape index (κ1) is 8.79. The zero-order chi connectivity index (χ0) is 10.5. The first-order chi connectivity index (χ1) is 7.25. The van der Waals surface area contributed by atoms with Crippen molar-refractivity contribution in [2.75, 3.05) is 6.54 Å². The number of nitrogens with one attached hydrogen (secondary N) is 1.